The summed E-state index contributed by atoms with van der Waals surface area (Å²) in [7, 11) is 0. The van der Waals surface area contributed by atoms with E-state index in [1.165, 1.54) is 23.9 Å². The number of nitrogens with one attached hydrogen (secondary N) is 1. The number of rotatable bonds is 4. The lowest BCUT2D eigenvalue weighted by molar-refractivity contribution is -0.138. The van der Waals surface area contributed by atoms with Gasteiger partial charge in [0.15, 0.2) is 5.17 Å². The van der Waals surface area contributed by atoms with Gasteiger partial charge in [0.1, 0.15) is 0 Å². The van der Waals surface area contributed by atoms with Crippen molar-refractivity contribution in [1.82, 2.24) is 20.0 Å². The van der Waals surface area contributed by atoms with Gasteiger partial charge in [-0.2, -0.15) is 23.3 Å². The smallest absolute Gasteiger partial charge is 0.395 e. The zero-order chi connectivity index (χ0) is 26.3. The molecule has 0 saturated carbocycles. The Morgan fingerprint density at radius 3 is 2.84 bits per heavy atom. The molecule has 12 heteroatoms. The summed E-state index contributed by atoms with van der Waals surface area (Å²) in [6, 6.07) is 9.13. The summed E-state index contributed by atoms with van der Waals surface area (Å²) < 4.78 is 42.2. The first-order valence-corrected chi connectivity index (χ1v) is 12.8. The highest BCUT2D eigenvalue weighted by molar-refractivity contribution is 8.18. The second-order valence-corrected chi connectivity index (χ2v) is 10.4. The number of aliphatic hydroxyl groups is 1. The Labute approximate surface area is 220 Å². The number of amidine groups is 1. The van der Waals surface area contributed by atoms with E-state index in [0.717, 1.165) is 17.0 Å². The first-order chi connectivity index (χ1) is 17.6. The first-order valence-electron chi connectivity index (χ1n) is 11.6. The van der Waals surface area contributed by atoms with Crippen molar-refractivity contribution in [3.8, 4) is 0 Å². The molecule has 1 unspecified atom stereocenters. The van der Waals surface area contributed by atoms with Crippen LogP contribution in [0.1, 0.15) is 22.4 Å². The standard InChI is InChI=1S/C25H23ClF3N5O2S/c1-14-19-8-15(9-22-23(36)31-24(37-22)33-7-6-30-18(12-33)13-35)2-5-21(19)34(32-14)11-16-3-4-17(26)10-20(16)25(27,28)29/h2-5,8-10,18,30,35H,6-7,11-13H2,1H3. The van der Waals surface area contributed by atoms with Crippen molar-refractivity contribution in [2.45, 2.75) is 25.7 Å². The average Bonchev–Trinajstić information content (AvgIpc) is 3.38. The number of piperazine rings is 1. The molecule has 1 fully saturated rings. The van der Waals surface area contributed by atoms with E-state index in [-0.39, 0.29) is 35.7 Å². The molecule has 7 nitrogen and oxygen atoms in total. The maximum Gasteiger partial charge on any atom is 0.416 e. The van der Waals surface area contributed by atoms with Gasteiger partial charge in [0.2, 0.25) is 0 Å². The van der Waals surface area contributed by atoms with Gasteiger partial charge in [-0.15, -0.1) is 0 Å². The molecule has 0 radical (unpaired) electrons. The maximum atomic E-state index is 13.6. The number of fused-ring (bicyclic) bond motifs is 1. The minimum Gasteiger partial charge on any atom is -0.395 e. The fraction of sp³-hybridized carbons (Fsp3) is 0.320. The van der Waals surface area contributed by atoms with Crippen molar-refractivity contribution in [1.29, 1.82) is 0 Å². The van der Waals surface area contributed by atoms with Crippen molar-refractivity contribution in [2.75, 3.05) is 26.2 Å². The molecule has 1 saturated heterocycles. The van der Waals surface area contributed by atoms with Crippen molar-refractivity contribution >= 4 is 51.4 Å². The highest BCUT2D eigenvalue weighted by Crippen LogP contribution is 2.35. The van der Waals surface area contributed by atoms with Crippen LogP contribution in [0.2, 0.25) is 5.02 Å². The largest absolute Gasteiger partial charge is 0.416 e. The van der Waals surface area contributed by atoms with E-state index >= 15 is 0 Å². The Hall–Kier alpha value is -2.86. The fourth-order valence-electron chi connectivity index (χ4n) is 4.49. The van der Waals surface area contributed by atoms with Crippen molar-refractivity contribution < 1.29 is 23.1 Å². The first kappa shape index (κ1) is 25.8. The van der Waals surface area contributed by atoms with Gasteiger partial charge in [-0.25, -0.2) is 0 Å². The number of nitrogens with zero attached hydrogens (tertiary/aromatic N) is 4. The summed E-state index contributed by atoms with van der Waals surface area (Å²) in [5.41, 5.74) is 1.39. The summed E-state index contributed by atoms with van der Waals surface area (Å²) in [5, 5.41) is 18.5. The van der Waals surface area contributed by atoms with Crippen molar-refractivity contribution in [3.63, 3.8) is 0 Å². The number of thioether (sulfide) groups is 1. The predicted molar refractivity (Wildman–Crippen MR) is 138 cm³/mol. The minimum atomic E-state index is -4.53. The monoisotopic (exact) mass is 549 g/mol. The zero-order valence-electron chi connectivity index (χ0n) is 19.7. The summed E-state index contributed by atoms with van der Waals surface area (Å²) in [5.74, 6) is -0.325. The maximum absolute atomic E-state index is 13.6. The molecule has 2 aliphatic heterocycles. The van der Waals surface area contributed by atoms with Gasteiger partial charge in [0.05, 0.1) is 34.8 Å². The molecule has 194 valence electrons. The average molecular weight is 550 g/mol. The number of halogens is 4. The molecule has 5 rings (SSSR count). The van der Waals surface area contributed by atoms with E-state index in [1.54, 1.807) is 29.8 Å². The third-order valence-electron chi connectivity index (χ3n) is 6.31. The number of carbonyl (C=O) groups is 1. The molecule has 0 spiro atoms. The Bertz CT molecular complexity index is 1440. The zero-order valence-corrected chi connectivity index (χ0v) is 21.3. The summed E-state index contributed by atoms with van der Waals surface area (Å²) in [4.78, 5) is 19.2. The van der Waals surface area contributed by atoms with Crippen LogP contribution in [0.15, 0.2) is 46.3 Å². The molecule has 37 heavy (non-hydrogen) atoms. The second-order valence-electron chi connectivity index (χ2n) is 8.91. The number of amides is 1. The molecular formula is C25H23ClF3N5O2S. The fourth-order valence-corrected chi connectivity index (χ4v) is 5.61. The number of hydrogen-bond acceptors (Lipinski definition) is 6. The molecule has 2 aromatic carbocycles. The predicted octanol–water partition coefficient (Wildman–Crippen LogP) is 4.30. The van der Waals surface area contributed by atoms with Crippen LogP contribution in [-0.4, -0.2) is 63.1 Å². The van der Waals surface area contributed by atoms with Gasteiger partial charge in [-0.1, -0.05) is 23.7 Å². The lowest BCUT2D eigenvalue weighted by Gasteiger charge is -2.33. The molecule has 0 aliphatic carbocycles. The van der Waals surface area contributed by atoms with Crippen LogP contribution >= 0.6 is 23.4 Å². The number of aliphatic hydroxyl groups excluding tert-OH is 1. The van der Waals surface area contributed by atoms with Crippen LogP contribution < -0.4 is 5.32 Å². The number of hydrogen-bond donors (Lipinski definition) is 2. The van der Waals surface area contributed by atoms with Crippen LogP contribution in [0.5, 0.6) is 0 Å². The van der Waals surface area contributed by atoms with Gasteiger partial charge >= 0.3 is 6.18 Å². The molecule has 3 aromatic rings. The number of carbonyl (C=O) groups excluding carboxylic acids is 1. The molecule has 0 bridgehead atoms. The molecule has 2 aliphatic rings. The summed E-state index contributed by atoms with van der Waals surface area (Å²) >= 11 is 7.11. The van der Waals surface area contributed by atoms with Gasteiger partial charge in [-0.3, -0.25) is 9.48 Å². The van der Waals surface area contributed by atoms with E-state index in [4.69, 9.17) is 11.6 Å². The van der Waals surface area contributed by atoms with Crippen LogP contribution in [0.4, 0.5) is 13.2 Å². The van der Waals surface area contributed by atoms with E-state index in [2.05, 4.69) is 15.4 Å². The molecule has 3 heterocycles. The minimum absolute atomic E-state index is 0.00761. The molecule has 1 atom stereocenters. The topological polar surface area (TPSA) is 82.8 Å². The van der Waals surface area contributed by atoms with E-state index < -0.39 is 11.7 Å². The Morgan fingerprint density at radius 1 is 1.27 bits per heavy atom. The normalized spacial score (nSPS) is 19.8. The van der Waals surface area contributed by atoms with Crippen molar-refractivity contribution in [3.05, 3.63) is 68.7 Å². The lowest BCUT2D eigenvalue weighted by atomic mass is 10.1. The SMILES string of the molecule is Cc1nn(Cc2ccc(Cl)cc2C(F)(F)F)c2ccc(C=C3SC(N4CCNC(CO)C4)=NC3=O)cc12. The van der Waals surface area contributed by atoms with Gasteiger partial charge < -0.3 is 15.3 Å². The Balaban J connectivity index is 1.39. The van der Waals surface area contributed by atoms with E-state index in [0.29, 0.717) is 40.9 Å². The Kier molecular flexibility index (Phi) is 7.06. The van der Waals surface area contributed by atoms with E-state index in [9.17, 15) is 23.1 Å². The quantitative estimate of drug-likeness (QED) is 0.472. The second kappa shape index (κ2) is 10.1. The molecule has 1 amide bonds. The van der Waals surface area contributed by atoms with Crippen LogP contribution in [0.3, 0.4) is 0 Å². The number of aliphatic imine (C=N–C) groups is 1. The molecule has 1 aromatic heterocycles. The summed E-state index contributed by atoms with van der Waals surface area (Å²) in [6.07, 6.45) is -2.78. The molecular weight excluding hydrogens is 527 g/mol. The van der Waals surface area contributed by atoms with Crippen LogP contribution in [0.25, 0.3) is 17.0 Å². The highest BCUT2D eigenvalue weighted by Gasteiger charge is 2.34. The number of aryl methyl sites for hydroxylation is 1. The van der Waals surface area contributed by atoms with E-state index in [1.807, 2.05) is 11.0 Å². The highest BCUT2D eigenvalue weighted by atomic mass is 35.5. The van der Waals surface area contributed by atoms with Crippen LogP contribution in [-0.2, 0) is 17.5 Å². The summed E-state index contributed by atoms with van der Waals surface area (Å²) in [6.45, 7) is 3.68. The number of aromatic nitrogens is 2. The lowest BCUT2D eigenvalue weighted by Crippen LogP contribution is -2.53. The number of alkyl halides is 3. The third-order valence-corrected chi connectivity index (χ3v) is 7.59. The third kappa shape index (κ3) is 5.40. The Morgan fingerprint density at radius 2 is 2.08 bits per heavy atom. The number of benzene rings is 2. The van der Waals surface area contributed by atoms with Crippen LogP contribution in [0, 0.1) is 6.92 Å². The van der Waals surface area contributed by atoms with Gasteiger partial charge in [-0.05, 0) is 60.2 Å². The molecule has 2 N–H and O–H groups in total. The van der Waals surface area contributed by atoms with Gasteiger partial charge in [0, 0.05) is 36.1 Å². The van der Waals surface area contributed by atoms with Gasteiger partial charge in [0.25, 0.3) is 5.91 Å². The van der Waals surface area contributed by atoms with Crippen molar-refractivity contribution in [2.24, 2.45) is 4.99 Å².